The maximum atomic E-state index is 13.0. The van der Waals surface area contributed by atoms with Crippen molar-refractivity contribution in [3.63, 3.8) is 0 Å². The van der Waals surface area contributed by atoms with E-state index in [9.17, 15) is 9.59 Å². The Kier molecular flexibility index (Phi) is 5.65. The van der Waals surface area contributed by atoms with Crippen molar-refractivity contribution in [3.05, 3.63) is 41.9 Å². The van der Waals surface area contributed by atoms with Crippen LogP contribution in [0.3, 0.4) is 0 Å². The summed E-state index contributed by atoms with van der Waals surface area (Å²) in [5.41, 5.74) is 1.46. The van der Waals surface area contributed by atoms with Gasteiger partial charge in [0.2, 0.25) is 0 Å². The number of carboxylic acid groups (broad SMARTS) is 1. The van der Waals surface area contributed by atoms with Gasteiger partial charge >= 0.3 is 5.97 Å². The third kappa shape index (κ3) is 3.92. The van der Waals surface area contributed by atoms with E-state index in [1.54, 1.807) is 17.1 Å². The Bertz CT molecular complexity index is 772. The number of hydrogen-bond acceptors (Lipinski definition) is 4. The van der Waals surface area contributed by atoms with E-state index in [4.69, 9.17) is 5.11 Å². The van der Waals surface area contributed by atoms with Crippen LogP contribution in [0.5, 0.6) is 0 Å². The largest absolute Gasteiger partial charge is 0.481 e. The maximum absolute atomic E-state index is 13.0. The van der Waals surface area contributed by atoms with Gasteiger partial charge in [-0.3, -0.25) is 9.59 Å². The summed E-state index contributed by atoms with van der Waals surface area (Å²) >= 11 is 0. The Morgan fingerprint density at radius 1 is 1.35 bits per heavy atom. The number of hydrogen-bond donors (Lipinski definition) is 1. The van der Waals surface area contributed by atoms with E-state index in [-0.39, 0.29) is 18.2 Å². The van der Waals surface area contributed by atoms with E-state index < -0.39 is 5.97 Å². The van der Waals surface area contributed by atoms with Gasteiger partial charge in [0.15, 0.2) is 5.82 Å². The average Bonchev–Trinajstić information content (AvgIpc) is 3.10. The van der Waals surface area contributed by atoms with Crippen LogP contribution in [0.1, 0.15) is 48.7 Å². The Labute approximate surface area is 152 Å². The molecule has 7 nitrogen and oxygen atoms in total. The van der Waals surface area contributed by atoms with Crippen molar-refractivity contribution < 1.29 is 14.7 Å². The monoisotopic (exact) mass is 356 g/mol. The first-order valence-electron chi connectivity index (χ1n) is 9.09. The lowest BCUT2D eigenvalue weighted by Crippen LogP contribution is -2.40. The van der Waals surface area contributed by atoms with Crippen LogP contribution >= 0.6 is 0 Å². The number of pyridine rings is 1. The van der Waals surface area contributed by atoms with Gasteiger partial charge in [-0.15, -0.1) is 0 Å². The highest BCUT2D eigenvalue weighted by atomic mass is 16.4. The minimum absolute atomic E-state index is 0.0240. The third-order valence-corrected chi connectivity index (χ3v) is 4.87. The molecule has 1 aliphatic heterocycles. The molecule has 1 aliphatic rings. The fourth-order valence-electron chi connectivity index (χ4n) is 3.55. The highest BCUT2D eigenvalue weighted by molar-refractivity contribution is 5.95. The van der Waals surface area contributed by atoms with Crippen LogP contribution in [0.25, 0.3) is 5.82 Å². The van der Waals surface area contributed by atoms with Crippen molar-refractivity contribution in [2.45, 2.75) is 39.0 Å². The summed E-state index contributed by atoms with van der Waals surface area (Å²) < 4.78 is 1.72. The zero-order valence-corrected chi connectivity index (χ0v) is 15.0. The molecular weight excluding hydrogens is 332 g/mol. The van der Waals surface area contributed by atoms with Gasteiger partial charge < -0.3 is 10.0 Å². The predicted octanol–water partition coefficient (Wildman–Crippen LogP) is 2.55. The van der Waals surface area contributed by atoms with Crippen LogP contribution in [-0.4, -0.2) is 49.7 Å². The van der Waals surface area contributed by atoms with Crippen molar-refractivity contribution in [2.24, 2.45) is 5.92 Å². The highest BCUT2D eigenvalue weighted by Crippen LogP contribution is 2.24. The molecule has 0 radical (unpaired) electrons. The summed E-state index contributed by atoms with van der Waals surface area (Å²) in [5, 5.41) is 13.3. The normalized spacial score (nSPS) is 17.3. The van der Waals surface area contributed by atoms with Gasteiger partial charge in [-0.1, -0.05) is 13.0 Å². The van der Waals surface area contributed by atoms with Gasteiger partial charge in [-0.2, -0.15) is 5.10 Å². The number of likely N-dealkylation sites (tertiary alicyclic amines) is 1. The van der Waals surface area contributed by atoms with Crippen LogP contribution in [0.15, 0.2) is 30.6 Å². The lowest BCUT2D eigenvalue weighted by atomic mass is 9.93. The molecule has 7 heteroatoms. The molecule has 3 rings (SSSR count). The van der Waals surface area contributed by atoms with E-state index >= 15 is 0 Å². The minimum atomic E-state index is -0.779. The molecule has 0 aromatic carbocycles. The van der Waals surface area contributed by atoms with Crippen molar-refractivity contribution in [1.82, 2.24) is 19.7 Å². The van der Waals surface area contributed by atoms with Crippen molar-refractivity contribution in [1.29, 1.82) is 0 Å². The molecule has 138 valence electrons. The first-order valence-corrected chi connectivity index (χ1v) is 9.09. The van der Waals surface area contributed by atoms with Crippen LogP contribution in [0, 0.1) is 5.92 Å². The maximum Gasteiger partial charge on any atom is 0.303 e. The topological polar surface area (TPSA) is 88.3 Å². The predicted molar refractivity (Wildman–Crippen MR) is 96.2 cm³/mol. The SMILES string of the molecule is CCc1c(C(=O)N2CCCC(CCC(=O)O)C2)cnn1-c1ccccn1. The Balaban J connectivity index is 1.77. The molecule has 0 spiro atoms. The van der Waals surface area contributed by atoms with E-state index in [1.165, 1.54) is 0 Å². The smallest absolute Gasteiger partial charge is 0.303 e. The molecule has 1 amide bonds. The zero-order valence-electron chi connectivity index (χ0n) is 15.0. The summed E-state index contributed by atoms with van der Waals surface area (Å²) in [5.74, 6) is 0.142. The number of amides is 1. The summed E-state index contributed by atoms with van der Waals surface area (Å²) in [6.45, 7) is 3.32. The number of nitrogens with zero attached hydrogens (tertiary/aromatic N) is 4. The number of rotatable bonds is 6. The van der Waals surface area contributed by atoms with Crippen LogP contribution in [0.4, 0.5) is 0 Å². The molecule has 1 fully saturated rings. The second kappa shape index (κ2) is 8.12. The Morgan fingerprint density at radius 2 is 2.19 bits per heavy atom. The lowest BCUT2D eigenvalue weighted by molar-refractivity contribution is -0.137. The van der Waals surface area contributed by atoms with Crippen LogP contribution in [-0.2, 0) is 11.2 Å². The number of carbonyl (C=O) groups excluding carboxylic acids is 1. The average molecular weight is 356 g/mol. The van der Waals surface area contributed by atoms with Gasteiger partial charge in [-0.25, -0.2) is 9.67 Å². The number of carbonyl (C=O) groups is 2. The van der Waals surface area contributed by atoms with Crippen molar-refractivity contribution in [3.8, 4) is 5.82 Å². The van der Waals surface area contributed by atoms with Crippen molar-refractivity contribution in [2.75, 3.05) is 13.1 Å². The van der Waals surface area contributed by atoms with Crippen molar-refractivity contribution >= 4 is 11.9 Å². The van der Waals surface area contributed by atoms with E-state index in [0.717, 1.165) is 18.5 Å². The third-order valence-electron chi connectivity index (χ3n) is 4.87. The Hall–Kier alpha value is -2.70. The van der Waals surface area contributed by atoms with E-state index in [1.807, 2.05) is 30.0 Å². The molecule has 0 bridgehead atoms. The summed E-state index contributed by atoms with van der Waals surface area (Å²) in [6, 6.07) is 5.60. The quantitative estimate of drug-likeness (QED) is 0.859. The summed E-state index contributed by atoms with van der Waals surface area (Å²) in [4.78, 5) is 30.0. The van der Waals surface area contributed by atoms with Gasteiger partial charge in [0.1, 0.15) is 0 Å². The van der Waals surface area contributed by atoms with Gasteiger partial charge in [0, 0.05) is 25.7 Å². The highest BCUT2D eigenvalue weighted by Gasteiger charge is 2.27. The fraction of sp³-hybridized carbons (Fsp3) is 0.474. The van der Waals surface area contributed by atoms with Gasteiger partial charge in [0.05, 0.1) is 17.5 Å². The number of piperidine rings is 1. The molecule has 1 N–H and O–H groups in total. The molecule has 0 aliphatic carbocycles. The van der Waals surface area contributed by atoms with Gasteiger partial charge in [-0.05, 0) is 43.7 Å². The molecule has 26 heavy (non-hydrogen) atoms. The van der Waals surface area contributed by atoms with E-state index in [2.05, 4.69) is 10.1 Å². The first-order chi connectivity index (χ1) is 12.6. The van der Waals surface area contributed by atoms with Gasteiger partial charge in [0.25, 0.3) is 5.91 Å². The molecule has 2 aromatic heterocycles. The number of carboxylic acids is 1. The summed E-state index contributed by atoms with van der Waals surface area (Å²) in [7, 11) is 0. The molecular formula is C19H24N4O3. The van der Waals surface area contributed by atoms with E-state index in [0.29, 0.717) is 37.3 Å². The molecule has 2 aromatic rings. The minimum Gasteiger partial charge on any atom is -0.481 e. The second-order valence-corrected chi connectivity index (χ2v) is 6.65. The molecule has 1 atom stereocenters. The van der Waals surface area contributed by atoms with Crippen LogP contribution < -0.4 is 0 Å². The summed E-state index contributed by atoms with van der Waals surface area (Å²) in [6.07, 6.45) is 6.66. The number of aromatic nitrogens is 3. The molecule has 1 saturated heterocycles. The van der Waals surface area contributed by atoms with Crippen LogP contribution in [0.2, 0.25) is 0 Å². The fourth-order valence-corrected chi connectivity index (χ4v) is 3.55. The standard InChI is InChI=1S/C19H24N4O3/c1-2-16-15(12-21-23(16)17-7-3-4-10-20-17)19(26)22-11-5-6-14(13-22)8-9-18(24)25/h3-4,7,10,12,14H,2,5-6,8-9,11,13H2,1H3,(H,24,25). The zero-order chi connectivity index (χ0) is 18.5. The molecule has 3 heterocycles. The molecule has 1 unspecified atom stereocenters. The Morgan fingerprint density at radius 3 is 2.88 bits per heavy atom. The number of aliphatic carboxylic acids is 1. The lowest BCUT2D eigenvalue weighted by Gasteiger charge is -2.32. The second-order valence-electron chi connectivity index (χ2n) is 6.65. The molecule has 0 saturated carbocycles. The first kappa shape index (κ1) is 18.1.